The first kappa shape index (κ1) is 11.8. The van der Waals surface area contributed by atoms with Crippen LogP contribution in [0.4, 0.5) is 0 Å². The van der Waals surface area contributed by atoms with Crippen LogP contribution in [0.15, 0.2) is 36.4 Å². The van der Waals surface area contributed by atoms with Gasteiger partial charge in [-0.25, -0.2) is 0 Å². The highest BCUT2D eigenvalue weighted by Gasteiger charge is 2.27. The standard InChI is InChI=1S/C18H22/c1-3-14-10-15(11-14)12-16-9-8-13(2)17-6-4-5-7-18(16)17/h4-9,14-15H,3,10-12H2,1-2H3. The van der Waals surface area contributed by atoms with Crippen molar-refractivity contribution < 1.29 is 0 Å². The number of rotatable bonds is 3. The molecule has 0 aromatic heterocycles. The van der Waals surface area contributed by atoms with E-state index in [0.717, 1.165) is 11.8 Å². The summed E-state index contributed by atoms with van der Waals surface area (Å²) in [6.07, 6.45) is 5.53. The number of aryl methyl sites for hydroxylation is 1. The maximum absolute atomic E-state index is 2.34. The monoisotopic (exact) mass is 238 g/mol. The molecule has 1 fully saturated rings. The van der Waals surface area contributed by atoms with Crippen molar-refractivity contribution in [1.29, 1.82) is 0 Å². The summed E-state index contributed by atoms with van der Waals surface area (Å²) in [6.45, 7) is 4.53. The van der Waals surface area contributed by atoms with Crippen LogP contribution in [0, 0.1) is 18.8 Å². The van der Waals surface area contributed by atoms with Crippen LogP contribution in [0.5, 0.6) is 0 Å². The molecule has 1 aliphatic carbocycles. The van der Waals surface area contributed by atoms with Crippen LogP contribution >= 0.6 is 0 Å². The number of hydrogen-bond donors (Lipinski definition) is 0. The third-order valence-electron chi connectivity index (χ3n) is 4.65. The smallest absolute Gasteiger partial charge is 0.0149 e. The lowest BCUT2D eigenvalue weighted by molar-refractivity contribution is 0.187. The molecule has 0 heteroatoms. The second kappa shape index (κ2) is 4.76. The van der Waals surface area contributed by atoms with Gasteiger partial charge in [-0.3, -0.25) is 0 Å². The van der Waals surface area contributed by atoms with Crippen molar-refractivity contribution in [2.24, 2.45) is 11.8 Å². The van der Waals surface area contributed by atoms with Gasteiger partial charge in [0.25, 0.3) is 0 Å². The van der Waals surface area contributed by atoms with Crippen molar-refractivity contribution in [3.63, 3.8) is 0 Å². The quantitative estimate of drug-likeness (QED) is 0.695. The molecule has 0 heterocycles. The molecule has 1 aliphatic rings. The fourth-order valence-corrected chi connectivity index (χ4v) is 3.37. The first-order chi connectivity index (χ1) is 8.78. The number of benzene rings is 2. The van der Waals surface area contributed by atoms with E-state index in [2.05, 4.69) is 50.2 Å². The average molecular weight is 238 g/mol. The average Bonchev–Trinajstić information content (AvgIpc) is 2.36. The molecule has 0 saturated heterocycles. The predicted molar refractivity (Wildman–Crippen MR) is 78.9 cm³/mol. The van der Waals surface area contributed by atoms with Gasteiger partial charge in [0.2, 0.25) is 0 Å². The predicted octanol–water partition coefficient (Wildman–Crippen LogP) is 5.13. The Morgan fingerprint density at radius 2 is 1.67 bits per heavy atom. The van der Waals surface area contributed by atoms with Gasteiger partial charge in [-0.1, -0.05) is 49.7 Å². The fourth-order valence-electron chi connectivity index (χ4n) is 3.37. The number of fused-ring (bicyclic) bond motifs is 1. The van der Waals surface area contributed by atoms with E-state index in [4.69, 9.17) is 0 Å². The maximum Gasteiger partial charge on any atom is -0.0149 e. The van der Waals surface area contributed by atoms with Gasteiger partial charge in [-0.15, -0.1) is 0 Å². The summed E-state index contributed by atoms with van der Waals surface area (Å²) in [5.41, 5.74) is 2.95. The lowest BCUT2D eigenvalue weighted by Crippen LogP contribution is -2.24. The lowest BCUT2D eigenvalue weighted by Gasteiger charge is -2.35. The first-order valence-corrected chi connectivity index (χ1v) is 7.25. The van der Waals surface area contributed by atoms with Crippen LogP contribution in [0.2, 0.25) is 0 Å². The fraction of sp³-hybridized carbons (Fsp3) is 0.444. The van der Waals surface area contributed by atoms with Crippen molar-refractivity contribution >= 4 is 10.8 Å². The molecular weight excluding hydrogens is 216 g/mol. The summed E-state index contributed by atoms with van der Waals surface area (Å²) in [7, 11) is 0. The van der Waals surface area contributed by atoms with Crippen molar-refractivity contribution in [3.8, 4) is 0 Å². The van der Waals surface area contributed by atoms with Gasteiger partial charge >= 0.3 is 0 Å². The third-order valence-corrected chi connectivity index (χ3v) is 4.65. The molecular formula is C18H22. The Kier molecular flexibility index (Phi) is 3.11. The minimum atomic E-state index is 0.932. The van der Waals surface area contributed by atoms with E-state index in [1.54, 1.807) is 5.56 Å². The highest BCUT2D eigenvalue weighted by molar-refractivity contribution is 5.88. The molecule has 0 radical (unpaired) electrons. The Labute approximate surface area is 110 Å². The van der Waals surface area contributed by atoms with Crippen molar-refractivity contribution in [2.75, 3.05) is 0 Å². The van der Waals surface area contributed by atoms with Gasteiger partial charge in [-0.05, 0) is 59.9 Å². The third kappa shape index (κ3) is 2.05. The second-order valence-electron chi connectivity index (χ2n) is 5.90. The zero-order chi connectivity index (χ0) is 12.5. The molecule has 0 atom stereocenters. The molecule has 3 rings (SSSR count). The molecule has 18 heavy (non-hydrogen) atoms. The Morgan fingerprint density at radius 1 is 0.944 bits per heavy atom. The van der Waals surface area contributed by atoms with Crippen molar-refractivity contribution in [1.82, 2.24) is 0 Å². The normalized spacial score (nSPS) is 23.0. The minimum Gasteiger partial charge on any atom is -0.0651 e. The van der Waals surface area contributed by atoms with Gasteiger partial charge in [0.05, 0.1) is 0 Å². The van der Waals surface area contributed by atoms with E-state index in [0.29, 0.717) is 0 Å². The molecule has 0 aliphatic heterocycles. The first-order valence-electron chi connectivity index (χ1n) is 7.25. The van der Waals surface area contributed by atoms with Crippen LogP contribution in [-0.2, 0) is 6.42 Å². The largest absolute Gasteiger partial charge is 0.0651 e. The van der Waals surface area contributed by atoms with Gasteiger partial charge in [0.15, 0.2) is 0 Å². The summed E-state index contributed by atoms with van der Waals surface area (Å²) in [6, 6.07) is 13.5. The van der Waals surface area contributed by atoms with E-state index in [9.17, 15) is 0 Å². The van der Waals surface area contributed by atoms with Crippen molar-refractivity contribution in [3.05, 3.63) is 47.5 Å². The molecule has 0 bridgehead atoms. The van der Waals surface area contributed by atoms with Gasteiger partial charge in [-0.2, -0.15) is 0 Å². The van der Waals surface area contributed by atoms with Crippen LogP contribution in [0.25, 0.3) is 10.8 Å². The molecule has 0 N–H and O–H groups in total. The molecule has 2 aromatic carbocycles. The van der Waals surface area contributed by atoms with Crippen LogP contribution in [-0.4, -0.2) is 0 Å². The molecule has 2 aromatic rings. The molecule has 94 valence electrons. The zero-order valence-corrected chi connectivity index (χ0v) is 11.4. The topological polar surface area (TPSA) is 0 Å². The summed E-state index contributed by atoms with van der Waals surface area (Å²) in [5.74, 6) is 1.94. The molecule has 1 saturated carbocycles. The Balaban J connectivity index is 1.87. The molecule has 0 amide bonds. The molecule has 0 nitrogen and oxygen atoms in total. The van der Waals surface area contributed by atoms with E-state index >= 15 is 0 Å². The van der Waals surface area contributed by atoms with Crippen LogP contribution in [0.3, 0.4) is 0 Å². The van der Waals surface area contributed by atoms with E-state index in [1.807, 2.05) is 0 Å². The van der Waals surface area contributed by atoms with E-state index in [-0.39, 0.29) is 0 Å². The highest BCUT2D eigenvalue weighted by atomic mass is 14.3. The van der Waals surface area contributed by atoms with Gasteiger partial charge in [0, 0.05) is 0 Å². The molecule has 0 spiro atoms. The lowest BCUT2D eigenvalue weighted by atomic mass is 9.71. The summed E-state index contributed by atoms with van der Waals surface area (Å²) >= 11 is 0. The summed E-state index contributed by atoms with van der Waals surface area (Å²) in [4.78, 5) is 0. The van der Waals surface area contributed by atoms with E-state index < -0.39 is 0 Å². The van der Waals surface area contributed by atoms with E-state index in [1.165, 1.54) is 42.0 Å². The minimum absolute atomic E-state index is 0.932. The summed E-state index contributed by atoms with van der Waals surface area (Å²) in [5, 5.41) is 2.90. The van der Waals surface area contributed by atoms with Gasteiger partial charge < -0.3 is 0 Å². The number of hydrogen-bond acceptors (Lipinski definition) is 0. The SMILES string of the molecule is CCC1CC(Cc2ccc(C)c3ccccc23)C1. The highest BCUT2D eigenvalue weighted by Crippen LogP contribution is 2.39. The second-order valence-corrected chi connectivity index (χ2v) is 5.90. The summed E-state index contributed by atoms with van der Waals surface area (Å²) < 4.78 is 0. The van der Waals surface area contributed by atoms with Crippen molar-refractivity contribution in [2.45, 2.75) is 39.5 Å². The van der Waals surface area contributed by atoms with Gasteiger partial charge in [0.1, 0.15) is 0 Å². The van der Waals surface area contributed by atoms with Crippen LogP contribution in [0.1, 0.15) is 37.3 Å². The Bertz CT molecular complexity index is 547. The Morgan fingerprint density at radius 3 is 2.39 bits per heavy atom. The zero-order valence-electron chi connectivity index (χ0n) is 11.4. The Hall–Kier alpha value is -1.30. The molecule has 0 unspecified atom stereocenters. The van der Waals surface area contributed by atoms with Crippen LogP contribution < -0.4 is 0 Å². The maximum atomic E-state index is 2.34.